The Bertz CT molecular complexity index is 1350. The number of thiophene rings is 1. The molecule has 1 N–H and O–H groups in total. The number of aryl methyl sites for hydroxylation is 1. The number of nitrogens with zero attached hydrogens (tertiary/aromatic N) is 5. The van der Waals surface area contributed by atoms with Gasteiger partial charge < -0.3 is 9.80 Å². The molecule has 0 spiro atoms. The van der Waals surface area contributed by atoms with Crippen LogP contribution in [0.3, 0.4) is 0 Å². The van der Waals surface area contributed by atoms with Gasteiger partial charge in [0, 0.05) is 51.3 Å². The van der Waals surface area contributed by atoms with Gasteiger partial charge in [-0.2, -0.15) is 0 Å². The number of hydrogen-bond donors (Lipinski definition) is 1. The highest BCUT2D eigenvalue weighted by atomic mass is 32.1. The number of imide groups is 1. The number of carbonyl (C=O) groups is 3. The maximum absolute atomic E-state index is 12.9. The first-order valence-corrected chi connectivity index (χ1v) is 12.8. The molecule has 1 unspecified atom stereocenters. The van der Waals surface area contributed by atoms with Crippen molar-refractivity contribution in [2.24, 2.45) is 0 Å². The SMILES string of the molecule is Cc1nc(N2CCN(Cc3ccc4c(c3)CN(C3CCC(=O)NC3=O)C4=O)CC2)c2ccsc2n1. The van der Waals surface area contributed by atoms with Crippen molar-refractivity contribution >= 4 is 45.1 Å². The number of amides is 3. The highest BCUT2D eigenvalue weighted by molar-refractivity contribution is 7.16. The zero-order valence-corrected chi connectivity index (χ0v) is 20.3. The van der Waals surface area contributed by atoms with Gasteiger partial charge in [0.2, 0.25) is 11.8 Å². The second kappa shape index (κ2) is 8.69. The summed E-state index contributed by atoms with van der Waals surface area (Å²) in [5.74, 6) is 1.05. The van der Waals surface area contributed by atoms with Crippen molar-refractivity contribution in [1.82, 2.24) is 25.1 Å². The van der Waals surface area contributed by atoms with Crippen molar-refractivity contribution in [2.45, 2.75) is 38.9 Å². The van der Waals surface area contributed by atoms with Gasteiger partial charge in [-0.15, -0.1) is 11.3 Å². The zero-order chi connectivity index (χ0) is 24.1. The van der Waals surface area contributed by atoms with Crippen LogP contribution in [-0.2, 0) is 22.7 Å². The number of benzene rings is 1. The van der Waals surface area contributed by atoms with E-state index in [4.69, 9.17) is 4.98 Å². The lowest BCUT2D eigenvalue weighted by Crippen LogP contribution is -2.52. The number of rotatable bonds is 4. The Morgan fingerprint density at radius 3 is 2.71 bits per heavy atom. The second-order valence-electron chi connectivity index (χ2n) is 9.39. The maximum Gasteiger partial charge on any atom is 0.255 e. The lowest BCUT2D eigenvalue weighted by molar-refractivity contribution is -0.136. The van der Waals surface area contributed by atoms with E-state index in [1.807, 2.05) is 19.1 Å². The van der Waals surface area contributed by atoms with Crippen LogP contribution in [0.5, 0.6) is 0 Å². The molecule has 3 aliphatic rings. The molecule has 1 atom stereocenters. The second-order valence-corrected chi connectivity index (χ2v) is 10.3. The van der Waals surface area contributed by atoms with Crippen molar-refractivity contribution in [3.05, 3.63) is 52.2 Å². The summed E-state index contributed by atoms with van der Waals surface area (Å²) in [7, 11) is 0. The van der Waals surface area contributed by atoms with E-state index in [2.05, 4.69) is 37.6 Å². The number of fused-ring (bicyclic) bond motifs is 2. The normalized spacial score (nSPS) is 21.1. The van der Waals surface area contributed by atoms with Gasteiger partial charge in [-0.3, -0.25) is 24.6 Å². The van der Waals surface area contributed by atoms with Gasteiger partial charge in [-0.25, -0.2) is 9.97 Å². The Kier molecular flexibility index (Phi) is 5.49. The third-order valence-electron chi connectivity index (χ3n) is 7.08. The molecule has 2 fully saturated rings. The smallest absolute Gasteiger partial charge is 0.255 e. The summed E-state index contributed by atoms with van der Waals surface area (Å²) in [4.78, 5) is 53.4. The van der Waals surface area contributed by atoms with Crippen LogP contribution in [-0.4, -0.2) is 69.7 Å². The number of hydrogen-bond acceptors (Lipinski definition) is 8. The van der Waals surface area contributed by atoms with Crippen molar-refractivity contribution in [3.8, 4) is 0 Å². The molecular formula is C25H26N6O3S. The zero-order valence-electron chi connectivity index (χ0n) is 19.5. The number of aromatic nitrogens is 2. The fraction of sp³-hybridized carbons (Fsp3) is 0.400. The molecule has 6 rings (SSSR count). The van der Waals surface area contributed by atoms with Gasteiger partial charge in [-0.1, -0.05) is 12.1 Å². The molecule has 10 heteroatoms. The van der Waals surface area contributed by atoms with Crippen molar-refractivity contribution in [1.29, 1.82) is 0 Å². The molecule has 5 heterocycles. The van der Waals surface area contributed by atoms with Gasteiger partial charge in [0.15, 0.2) is 0 Å². The minimum absolute atomic E-state index is 0.130. The number of nitrogens with one attached hydrogen (secondary N) is 1. The third-order valence-corrected chi connectivity index (χ3v) is 7.89. The average Bonchev–Trinajstić information content (AvgIpc) is 3.43. The molecule has 0 aliphatic carbocycles. The van der Waals surface area contributed by atoms with E-state index in [0.717, 1.165) is 65.7 Å². The molecule has 35 heavy (non-hydrogen) atoms. The van der Waals surface area contributed by atoms with Crippen molar-refractivity contribution < 1.29 is 14.4 Å². The van der Waals surface area contributed by atoms with Gasteiger partial charge in [0.25, 0.3) is 5.91 Å². The Balaban J connectivity index is 1.11. The van der Waals surface area contributed by atoms with Crippen LogP contribution in [0.1, 0.15) is 40.2 Å². The molecule has 2 saturated heterocycles. The Hall–Kier alpha value is -3.37. The minimum atomic E-state index is -0.579. The Morgan fingerprint density at radius 1 is 1.09 bits per heavy atom. The lowest BCUT2D eigenvalue weighted by atomic mass is 10.0. The molecule has 3 aliphatic heterocycles. The topological polar surface area (TPSA) is 98.7 Å². The summed E-state index contributed by atoms with van der Waals surface area (Å²) < 4.78 is 0. The van der Waals surface area contributed by atoms with Crippen LogP contribution < -0.4 is 10.2 Å². The Labute approximate surface area is 206 Å². The summed E-state index contributed by atoms with van der Waals surface area (Å²) in [5.41, 5.74) is 2.77. The Morgan fingerprint density at radius 2 is 1.91 bits per heavy atom. The number of piperazine rings is 1. The van der Waals surface area contributed by atoms with Crippen LogP contribution in [0.15, 0.2) is 29.6 Å². The summed E-state index contributed by atoms with van der Waals surface area (Å²) in [6.45, 7) is 6.80. The molecular weight excluding hydrogens is 464 g/mol. The van der Waals surface area contributed by atoms with Crippen LogP contribution in [0, 0.1) is 6.92 Å². The molecule has 3 aromatic rings. The third kappa shape index (κ3) is 4.06. The van der Waals surface area contributed by atoms with Gasteiger partial charge >= 0.3 is 0 Å². The van der Waals surface area contributed by atoms with E-state index in [1.54, 1.807) is 16.2 Å². The highest BCUT2D eigenvalue weighted by Crippen LogP contribution is 2.30. The van der Waals surface area contributed by atoms with Gasteiger partial charge in [0.05, 0.1) is 5.39 Å². The van der Waals surface area contributed by atoms with E-state index >= 15 is 0 Å². The molecule has 9 nitrogen and oxygen atoms in total. The molecule has 0 bridgehead atoms. The van der Waals surface area contributed by atoms with E-state index in [1.165, 1.54) is 0 Å². The van der Waals surface area contributed by atoms with Crippen molar-refractivity contribution in [2.75, 3.05) is 31.1 Å². The maximum atomic E-state index is 12.9. The quantitative estimate of drug-likeness (QED) is 0.559. The fourth-order valence-corrected chi connectivity index (χ4v) is 6.09. The fourth-order valence-electron chi connectivity index (χ4n) is 5.29. The van der Waals surface area contributed by atoms with Gasteiger partial charge in [0.1, 0.15) is 22.5 Å². The van der Waals surface area contributed by atoms with Crippen LogP contribution in [0.4, 0.5) is 5.82 Å². The predicted octanol–water partition coefficient (Wildman–Crippen LogP) is 2.08. The molecule has 3 amide bonds. The molecule has 0 saturated carbocycles. The average molecular weight is 491 g/mol. The van der Waals surface area contributed by atoms with Gasteiger partial charge in [-0.05, 0) is 42.0 Å². The predicted molar refractivity (Wildman–Crippen MR) is 132 cm³/mol. The number of anilines is 1. The minimum Gasteiger partial charge on any atom is -0.353 e. The van der Waals surface area contributed by atoms with E-state index in [0.29, 0.717) is 18.5 Å². The first-order valence-electron chi connectivity index (χ1n) is 11.9. The molecule has 1 aromatic carbocycles. The monoisotopic (exact) mass is 490 g/mol. The van der Waals surface area contributed by atoms with E-state index in [9.17, 15) is 14.4 Å². The summed E-state index contributed by atoms with van der Waals surface area (Å²) in [5, 5.41) is 5.55. The molecule has 2 aromatic heterocycles. The largest absolute Gasteiger partial charge is 0.353 e. The van der Waals surface area contributed by atoms with Crippen LogP contribution >= 0.6 is 11.3 Å². The van der Waals surface area contributed by atoms with Crippen molar-refractivity contribution in [3.63, 3.8) is 0 Å². The molecule has 180 valence electrons. The first kappa shape index (κ1) is 22.1. The lowest BCUT2D eigenvalue weighted by Gasteiger charge is -2.35. The highest BCUT2D eigenvalue weighted by Gasteiger charge is 2.39. The van der Waals surface area contributed by atoms with E-state index < -0.39 is 6.04 Å². The standard InChI is InChI=1S/C25H26N6O3S/c1-15-26-22(19-6-11-35-24(19)27-15)30-9-7-29(8-10-30)13-16-2-3-18-17(12-16)14-31(25(18)34)20-4-5-21(32)28-23(20)33/h2-3,6,11-12,20H,4-5,7-10,13-14H2,1H3,(H,28,32,33). The molecule has 0 radical (unpaired) electrons. The van der Waals surface area contributed by atoms with Crippen LogP contribution in [0.2, 0.25) is 0 Å². The summed E-state index contributed by atoms with van der Waals surface area (Å²) >= 11 is 1.65. The van der Waals surface area contributed by atoms with Crippen LogP contribution in [0.25, 0.3) is 10.2 Å². The number of piperidine rings is 1. The first-order chi connectivity index (χ1) is 17.0. The summed E-state index contributed by atoms with van der Waals surface area (Å²) in [6.07, 6.45) is 0.644. The number of carbonyl (C=O) groups excluding carboxylic acids is 3. The van der Waals surface area contributed by atoms with E-state index in [-0.39, 0.29) is 24.1 Å². The summed E-state index contributed by atoms with van der Waals surface area (Å²) in [6, 6.07) is 7.51.